The number of nitro groups is 1. The number of fused-ring (bicyclic) bond motifs is 1. The number of hydrogen-bond acceptors (Lipinski definition) is 5. The van der Waals surface area contributed by atoms with Gasteiger partial charge in [-0.15, -0.1) is 0 Å². The van der Waals surface area contributed by atoms with Gasteiger partial charge < -0.3 is 9.64 Å². The molecule has 0 fully saturated rings. The largest absolute Gasteiger partial charge is 0.482 e. The van der Waals surface area contributed by atoms with Crippen LogP contribution in [0.15, 0.2) is 18.2 Å². The van der Waals surface area contributed by atoms with E-state index in [1.54, 1.807) is 4.90 Å². The van der Waals surface area contributed by atoms with Gasteiger partial charge in [0.1, 0.15) is 12.3 Å². The standard InChI is InChI=1S/C20H29N3O5/c1-14(2)7-9-21(10-8-15(3)4)19(24)12-22-17-11-16(23(26)27)5-6-18(17)28-13-20(22)25/h5-6,11,14-15H,7-10,12-13H2,1-4H3. The first kappa shape index (κ1) is 21.7. The molecule has 1 heterocycles. The van der Waals surface area contributed by atoms with Crippen molar-refractivity contribution in [2.24, 2.45) is 11.8 Å². The van der Waals surface area contributed by atoms with Crippen molar-refractivity contribution in [3.05, 3.63) is 28.3 Å². The molecule has 0 aromatic heterocycles. The fraction of sp³-hybridized carbons (Fsp3) is 0.600. The van der Waals surface area contributed by atoms with E-state index in [0.29, 0.717) is 30.7 Å². The minimum Gasteiger partial charge on any atom is -0.482 e. The van der Waals surface area contributed by atoms with Gasteiger partial charge >= 0.3 is 0 Å². The summed E-state index contributed by atoms with van der Waals surface area (Å²) < 4.78 is 5.36. The molecule has 0 atom stereocenters. The lowest BCUT2D eigenvalue weighted by atomic mass is 10.1. The molecule has 0 radical (unpaired) electrons. The van der Waals surface area contributed by atoms with E-state index in [1.165, 1.54) is 23.1 Å². The molecule has 0 unspecified atom stereocenters. The van der Waals surface area contributed by atoms with Crippen LogP contribution in [0.2, 0.25) is 0 Å². The average Bonchev–Trinajstić information content (AvgIpc) is 2.63. The number of ether oxygens (including phenoxy) is 1. The van der Waals surface area contributed by atoms with Crippen molar-refractivity contribution < 1.29 is 19.2 Å². The Labute approximate surface area is 165 Å². The maximum absolute atomic E-state index is 13.0. The summed E-state index contributed by atoms with van der Waals surface area (Å²) >= 11 is 0. The van der Waals surface area contributed by atoms with Crippen molar-refractivity contribution in [1.29, 1.82) is 0 Å². The summed E-state index contributed by atoms with van der Waals surface area (Å²) in [5.74, 6) is 0.752. The third-order valence-electron chi connectivity index (χ3n) is 4.70. The number of carbonyl (C=O) groups is 2. The predicted octanol–water partition coefficient (Wildman–Crippen LogP) is 3.24. The molecular formula is C20H29N3O5. The fourth-order valence-corrected chi connectivity index (χ4v) is 2.90. The first-order chi connectivity index (χ1) is 13.2. The molecular weight excluding hydrogens is 362 g/mol. The molecule has 154 valence electrons. The van der Waals surface area contributed by atoms with Crippen molar-refractivity contribution in [3.8, 4) is 5.75 Å². The monoisotopic (exact) mass is 391 g/mol. The summed E-state index contributed by atoms with van der Waals surface area (Å²) in [7, 11) is 0. The summed E-state index contributed by atoms with van der Waals surface area (Å²) in [6, 6.07) is 4.07. The maximum atomic E-state index is 13.0. The number of nitro benzene ring substituents is 1. The van der Waals surface area contributed by atoms with Crippen LogP contribution in [0, 0.1) is 22.0 Å². The Balaban J connectivity index is 2.21. The van der Waals surface area contributed by atoms with E-state index < -0.39 is 4.92 Å². The van der Waals surface area contributed by atoms with E-state index in [1.807, 2.05) is 0 Å². The Morgan fingerprint density at radius 2 is 1.82 bits per heavy atom. The molecule has 2 rings (SSSR count). The lowest BCUT2D eigenvalue weighted by molar-refractivity contribution is -0.384. The summed E-state index contributed by atoms with van der Waals surface area (Å²) in [4.78, 5) is 39.0. The lowest BCUT2D eigenvalue weighted by Crippen LogP contribution is -2.47. The van der Waals surface area contributed by atoms with Crippen molar-refractivity contribution in [1.82, 2.24) is 4.90 Å². The summed E-state index contributed by atoms with van der Waals surface area (Å²) in [5.41, 5.74) is 0.123. The zero-order valence-corrected chi connectivity index (χ0v) is 17.0. The van der Waals surface area contributed by atoms with Gasteiger partial charge in [0.15, 0.2) is 6.61 Å². The van der Waals surface area contributed by atoms with E-state index in [2.05, 4.69) is 27.7 Å². The highest BCUT2D eigenvalue weighted by molar-refractivity contribution is 6.02. The smallest absolute Gasteiger partial charge is 0.271 e. The molecule has 1 aliphatic rings. The SMILES string of the molecule is CC(C)CCN(CCC(C)C)C(=O)CN1C(=O)COc2ccc([N+](=O)[O-])cc21. The molecule has 0 saturated heterocycles. The van der Waals surface area contributed by atoms with Crippen LogP contribution in [0.25, 0.3) is 0 Å². The van der Waals surface area contributed by atoms with Gasteiger partial charge in [0.2, 0.25) is 5.91 Å². The fourth-order valence-electron chi connectivity index (χ4n) is 2.90. The van der Waals surface area contributed by atoms with Crippen molar-refractivity contribution in [2.75, 3.05) is 31.1 Å². The first-order valence-corrected chi connectivity index (χ1v) is 9.68. The number of carbonyl (C=O) groups excluding carboxylic acids is 2. The van der Waals surface area contributed by atoms with Crippen molar-refractivity contribution in [3.63, 3.8) is 0 Å². The quantitative estimate of drug-likeness (QED) is 0.476. The molecule has 8 heteroatoms. The number of anilines is 1. The maximum Gasteiger partial charge on any atom is 0.271 e. The Kier molecular flexibility index (Phi) is 7.37. The molecule has 0 N–H and O–H groups in total. The van der Waals surface area contributed by atoms with Crippen LogP contribution in [0.1, 0.15) is 40.5 Å². The number of rotatable bonds is 9. The molecule has 8 nitrogen and oxygen atoms in total. The van der Waals surface area contributed by atoms with Crippen LogP contribution in [-0.2, 0) is 9.59 Å². The molecule has 1 aromatic carbocycles. The molecule has 0 spiro atoms. The molecule has 0 aliphatic carbocycles. The number of amides is 2. The van der Waals surface area contributed by atoms with E-state index in [-0.39, 0.29) is 36.3 Å². The van der Waals surface area contributed by atoms with E-state index in [9.17, 15) is 19.7 Å². The highest BCUT2D eigenvalue weighted by Gasteiger charge is 2.30. The minimum absolute atomic E-state index is 0.146. The molecule has 0 saturated carbocycles. The third-order valence-corrected chi connectivity index (χ3v) is 4.70. The Bertz CT molecular complexity index is 721. The van der Waals surface area contributed by atoms with Crippen LogP contribution >= 0.6 is 0 Å². The van der Waals surface area contributed by atoms with Crippen molar-refractivity contribution >= 4 is 23.2 Å². The van der Waals surface area contributed by atoms with Crippen LogP contribution in [-0.4, -0.2) is 47.9 Å². The second-order valence-corrected chi connectivity index (χ2v) is 7.92. The zero-order valence-electron chi connectivity index (χ0n) is 17.0. The number of benzene rings is 1. The summed E-state index contributed by atoms with van der Waals surface area (Å²) in [5, 5.41) is 11.1. The van der Waals surface area contributed by atoms with E-state index in [0.717, 1.165) is 12.8 Å². The highest BCUT2D eigenvalue weighted by Crippen LogP contribution is 2.35. The van der Waals surface area contributed by atoms with Gasteiger partial charge in [-0.2, -0.15) is 0 Å². The third kappa shape index (κ3) is 5.68. The van der Waals surface area contributed by atoms with E-state index in [4.69, 9.17) is 4.74 Å². The normalized spacial score (nSPS) is 13.5. The van der Waals surface area contributed by atoms with Gasteiger partial charge in [-0.05, 0) is 30.7 Å². The van der Waals surface area contributed by atoms with Gasteiger partial charge in [-0.25, -0.2) is 0 Å². The highest BCUT2D eigenvalue weighted by atomic mass is 16.6. The molecule has 2 amide bonds. The number of hydrogen-bond donors (Lipinski definition) is 0. The number of non-ortho nitro benzene ring substituents is 1. The van der Waals surface area contributed by atoms with Crippen LogP contribution in [0.4, 0.5) is 11.4 Å². The summed E-state index contributed by atoms with van der Waals surface area (Å²) in [6.07, 6.45) is 1.76. The van der Waals surface area contributed by atoms with Gasteiger partial charge in [-0.1, -0.05) is 27.7 Å². The van der Waals surface area contributed by atoms with E-state index >= 15 is 0 Å². The van der Waals surface area contributed by atoms with Crippen LogP contribution < -0.4 is 9.64 Å². The average molecular weight is 391 g/mol. The Morgan fingerprint density at radius 3 is 2.36 bits per heavy atom. The van der Waals surface area contributed by atoms with Gasteiger partial charge in [-0.3, -0.25) is 24.6 Å². The van der Waals surface area contributed by atoms with Gasteiger partial charge in [0.05, 0.1) is 10.6 Å². The van der Waals surface area contributed by atoms with Crippen LogP contribution in [0.3, 0.4) is 0 Å². The first-order valence-electron chi connectivity index (χ1n) is 9.68. The Morgan fingerprint density at radius 1 is 1.21 bits per heavy atom. The molecule has 1 aromatic rings. The predicted molar refractivity (Wildman–Crippen MR) is 106 cm³/mol. The number of nitrogens with zero attached hydrogens (tertiary/aromatic N) is 3. The zero-order chi connectivity index (χ0) is 20.8. The minimum atomic E-state index is -0.531. The summed E-state index contributed by atoms with van der Waals surface area (Å²) in [6.45, 7) is 9.34. The van der Waals surface area contributed by atoms with Gasteiger partial charge in [0, 0.05) is 25.2 Å². The topological polar surface area (TPSA) is 93.0 Å². The molecule has 0 bridgehead atoms. The Hall–Kier alpha value is -2.64. The molecule has 28 heavy (non-hydrogen) atoms. The lowest BCUT2D eigenvalue weighted by Gasteiger charge is -2.31. The van der Waals surface area contributed by atoms with Crippen LogP contribution in [0.5, 0.6) is 5.75 Å². The second-order valence-electron chi connectivity index (χ2n) is 7.92. The molecule has 1 aliphatic heterocycles. The van der Waals surface area contributed by atoms with Crippen molar-refractivity contribution in [2.45, 2.75) is 40.5 Å². The van der Waals surface area contributed by atoms with Gasteiger partial charge in [0.25, 0.3) is 11.6 Å². The second kappa shape index (κ2) is 9.52.